The minimum absolute atomic E-state index is 0.611. The Hall–Kier alpha value is 0. The van der Waals surface area contributed by atoms with Crippen LogP contribution in [0.4, 0.5) is 0 Å². The van der Waals surface area contributed by atoms with Gasteiger partial charge < -0.3 is 0 Å². The van der Waals surface area contributed by atoms with Gasteiger partial charge in [0.15, 0.2) is 0 Å². The zero-order valence-electron chi connectivity index (χ0n) is 9.27. The molecule has 0 spiro atoms. The highest BCUT2D eigenvalue weighted by molar-refractivity contribution is 4.65. The van der Waals surface area contributed by atoms with Gasteiger partial charge in [0.05, 0.1) is 0 Å². The predicted molar refractivity (Wildman–Crippen MR) is 57.0 cm³/mol. The Morgan fingerprint density at radius 2 is 1.50 bits per heavy atom. The van der Waals surface area contributed by atoms with E-state index in [1.807, 2.05) is 0 Å². The molecule has 0 amide bonds. The first-order chi connectivity index (χ1) is 5.61. The number of hydrogen-bond donors (Lipinski definition) is 0. The van der Waals surface area contributed by atoms with E-state index >= 15 is 0 Å². The molecule has 12 heavy (non-hydrogen) atoms. The van der Waals surface area contributed by atoms with Crippen molar-refractivity contribution in [2.45, 2.75) is 53.4 Å². The largest absolute Gasteiger partial charge is 0.0651 e. The first-order valence-electron chi connectivity index (χ1n) is 5.44. The van der Waals surface area contributed by atoms with Gasteiger partial charge in [-0.25, -0.2) is 0 Å². The van der Waals surface area contributed by atoms with E-state index in [0.29, 0.717) is 5.92 Å². The van der Waals surface area contributed by atoms with Crippen LogP contribution in [0.15, 0.2) is 0 Å². The zero-order valence-corrected chi connectivity index (χ0v) is 9.27. The van der Waals surface area contributed by atoms with E-state index in [4.69, 9.17) is 0 Å². The van der Waals surface area contributed by atoms with Crippen LogP contribution in [0.25, 0.3) is 0 Å². The van der Waals surface area contributed by atoms with E-state index in [1.54, 1.807) is 0 Å². The molecule has 0 fully saturated rings. The molecule has 0 aliphatic rings. The van der Waals surface area contributed by atoms with Crippen molar-refractivity contribution in [1.82, 2.24) is 0 Å². The maximum atomic E-state index is 4.07. The van der Waals surface area contributed by atoms with Gasteiger partial charge in [0, 0.05) is 0 Å². The van der Waals surface area contributed by atoms with E-state index in [0.717, 1.165) is 11.8 Å². The van der Waals surface area contributed by atoms with Crippen molar-refractivity contribution in [3.63, 3.8) is 0 Å². The van der Waals surface area contributed by atoms with Gasteiger partial charge in [0.25, 0.3) is 0 Å². The first kappa shape index (κ1) is 12.0. The third kappa shape index (κ3) is 4.79. The van der Waals surface area contributed by atoms with Crippen LogP contribution in [0, 0.1) is 24.7 Å². The highest BCUT2D eigenvalue weighted by Crippen LogP contribution is 2.22. The molecule has 0 nitrogen and oxygen atoms in total. The molecule has 0 N–H and O–H groups in total. The monoisotopic (exact) mass is 169 g/mol. The second kappa shape index (κ2) is 6.51. The van der Waals surface area contributed by atoms with Gasteiger partial charge in [-0.3, -0.25) is 0 Å². The lowest BCUT2D eigenvalue weighted by molar-refractivity contribution is 0.350. The SMILES string of the molecule is [CH2]C(C)C(C)CCC(CC)CC. The topological polar surface area (TPSA) is 0 Å². The molecular weight excluding hydrogens is 144 g/mol. The van der Waals surface area contributed by atoms with Gasteiger partial charge in [-0.15, -0.1) is 0 Å². The Bertz CT molecular complexity index is 88.2. The van der Waals surface area contributed by atoms with Gasteiger partial charge in [-0.05, 0) is 17.8 Å². The summed E-state index contributed by atoms with van der Waals surface area (Å²) in [6, 6.07) is 0. The normalized spacial score (nSPS) is 14.2. The summed E-state index contributed by atoms with van der Waals surface area (Å²) >= 11 is 0. The van der Waals surface area contributed by atoms with E-state index in [-0.39, 0.29) is 0 Å². The van der Waals surface area contributed by atoms with Gasteiger partial charge in [0.2, 0.25) is 0 Å². The summed E-state index contributed by atoms with van der Waals surface area (Å²) < 4.78 is 0. The van der Waals surface area contributed by atoms with Crippen LogP contribution < -0.4 is 0 Å². The molecule has 0 bridgehead atoms. The van der Waals surface area contributed by atoms with Crippen molar-refractivity contribution in [2.24, 2.45) is 17.8 Å². The third-order valence-corrected chi connectivity index (χ3v) is 3.16. The lowest BCUT2D eigenvalue weighted by Crippen LogP contribution is -2.07. The van der Waals surface area contributed by atoms with Gasteiger partial charge in [-0.1, -0.05) is 60.3 Å². The summed E-state index contributed by atoms with van der Waals surface area (Å²) in [6.07, 6.45) is 5.44. The average molecular weight is 169 g/mol. The standard InChI is InChI=1S/C12H25/c1-6-12(7-2)9-8-11(5)10(3)4/h10-12H,3,6-9H2,1-2,4-5H3. The Labute approximate surface area is 78.8 Å². The van der Waals surface area contributed by atoms with Gasteiger partial charge >= 0.3 is 0 Å². The van der Waals surface area contributed by atoms with Crippen LogP contribution in [0.5, 0.6) is 0 Å². The fraction of sp³-hybridized carbons (Fsp3) is 0.917. The Morgan fingerprint density at radius 1 is 1.00 bits per heavy atom. The smallest absolute Gasteiger partial charge is 0.0417 e. The summed E-state index contributed by atoms with van der Waals surface area (Å²) in [7, 11) is 0. The summed E-state index contributed by atoms with van der Waals surface area (Å²) in [4.78, 5) is 0. The van der Waals surface area contributed by atoms with Crippen molar-refractivity contribution in [2.75, 3.05) is 0 Å². The maximum absolute atomic E-state index is 4.07. The van der Waals surface area contributed by atoms with E-state index < -0.39 is 0 Å². The Morgan fingerprint density at radius 3 is 1.83 bits per heavy atom. The van der Waals surface area contributed by atoms with Crippen molar-refractivity contribution < 1.29 is 0 Å². The fourth-order valence-corrected chi connectivity index (χ4v) is 1.48. The number of hydrogen-bond acceptors (Lipinski definition) is 0. The molecule has 0 aliphatic carbocycles. The Kier molecular flexibility index (Phi) is 6.51. The zero-order chi connectivity index (χ0) is 9.56. The van der Waals surface area contributed by atoms with E-state index in [1.165, 1.54) is 25.7 Å². The quantitative estimate of drug-likeness (QED) is 0.556. The highest BCUT2D eigenvalue weighted by Gasteiger charge is 2.10. The minimum Gasteiger partial charge on any atom is -0.0651 e. The molecule has 73 valence electrons. The van der Waals surface area contributed by atoms with Gasteiger partial charge in [0.1, 0.15) is 0 Å². The van der Waals surface area contributed by atoms with Crippen LogP contribution in [0.3, 0.4) is 0 Å². The molecule has 0 heterocycles. The van der Waals surface area contributed by atoms with Crippen molar-refractivity contribution >= 4 is 0 Å². The van der Waals surface area contributed by atoms with E-state index in [2.05, 4.69) is 34.6 Å². The van der Waals surface area contributed by atoms with Crippen molar-refractivity contribution in [3.8, 4) is 0 Å². The molecule has 0 aromatic rings. The second-order valence-electron chi connectivity index (χ2n) is 4.21. The molecule has 0 rings (SSSR count). The molecule has 0 aromatic heterocycles. The molecule has 2 unspecified atom stereocenters. The summed E-state index contributed by atoms with van der Waals surface area (Å²) in [6.45, 7) is 13.2. The Balaban J connectivity index is 3.51. The summed E-state index contributed by atoms with van der Waals surface area (Å²) in [5.41, 5.74) is 0. The third-order valence-electron chi connectivity index (χ3n) is 3.16. The minimum atomic E-state index is 0.611. The lowest BCUT2D eigenvalue weighted by atomic mass is 9.88. The average Bonchev–Trinajstić information content (AvgIpc) is 2.05. The lowest BCUT2D eigenvalue weighted by Gasteiger charge is -2.18. The molecule has 0 saturated heterocycles. The number of rotatable bonds is 6. The summed E-state index contributed by atoms with van der Waals surface area (Å²) in [5, 5.41) is 0. The molecule has 0 aromatic carbocycles. The molecule has 0 saturated carbocycles. The first-order valence-corrected chi connectivity index (χ1v) is 5.44. The molecule has 2 atom stereocenters. The van der Waals surface area contributed by atoms with E-state index in [9.17, 15) is 0 Å². The summed E-state index contributed by atoms with van der Waals surface area (Å²) in [5.74, 6) is 2.36. The van der Waals surface area contributed by atoms with Crippen LogP contribution in [0.2, 0.25) is 0 Å². The molecule has 0 aliphatic heterocycles. The van der Waals surface area contributed by atoms with Crippen LogP contribution in [0.1, 0.15) is 53.4 Å². The second-order valence-corrected chi connectivity index (χ2v) is 4.21. The molecule has 0 heteroatoms. The molecule has 1 radical (unpaired) electrons. The predicted octanol–water partition coefficient (Wildman–Crippen LogP) is 4.31. The van der Waals surface area contributed by atoms with Crippen molar-refractivity contribution in [3.05, 3.63) is 6.92 Å². The fourth-order valence-electron chi connectivity index (χ4n) is 1.48. The van der Waals surface area contributed by atoms with Gasteiger partial charge in [-0.2, -0.15) is 0 Å². The molecular formula is C12H25. The highest BCUT2D eigenvalue weighted by atomic mass is 14.2. The van der Waals surface area contributed by atoms with Crippen molar-refractivity contribution in [1.29, 1.82) is 0 Å². The maximum Gasteiger partial charge on any atom is -0.0417 e. The van der Waals surface area contributed by atoms with Crippen LogP contribution in [-0.4, -0.2) is 0 Å². The van der Waals surface area contributed by atoms with Crippen LogP contribution in [-0.2, 0) is 0 Å². The van der Waals surface area contributed by atoms with Crippen LogP contribution >= 0.6 is 0 Å².